The number of nitrogen functional groups attached to an aromatic ring is 1. The van der Waals surface area contributed by atoms with Crippen molar-refractivity contribution < 1.29 is 13.5 Å². The molecule has 0 unspecified atom stereocenters. The van der Waals surface area contributed by atoms with E-state index >= 15 is 0 Å². The fraction of sp³-hybridized carbons (Fsp3) is 0.143. The van der Waals surface area contributed by atoms with Gasteiger partial charge < -0.3 is 10.5 Å². The second kappa shape index (κ2) is 3.18. The molecule has 0 aliphatic carbocycles. The van der Waals surface area contributed by atoms with Gasteiger partial charge in [-0.15, -0.1) is 0 Å². The molecule has 0 spiro atoms. The Morgan fingerprint density at radius 1 is 1.45 bits per heavy atom. The van der Waals surface area contributed by atoms with Gasteiger partial charge in [-0.25, -0.2) is 0 Å². The standard InChI is InChI=1S/C7H6F2NO/c8-7(9)11-6-3-1-2-5(10)4-6/h2-4,7H,10H2. The van der Waals surface area contributed by atoms with Gasteiger partial charge in [0.1, 0.15) is 5.75 Å². The van der Waals surface area contributed by atoms with E-state index in [-0.39, 0.29) is 5.75 Å². The number of hydrogen-bond donors (Lipinski definition) is 1. The highest BCUT2D eigenvalue weighted by Crippen LogP contribution is 2.15. The molecule has 0 saturated heterocycles. The second-order valence-electron chi connectivity index (χ2n) is 1.88. The zero-order chi connectivity index (χ0) is 8.27. The lowest BCUT2D eigenvalue weighted by Gasteiger charge is -2.03. The number of anilines is 1. The Kier molecular flexibility index (Phi) is 2.25. The predicted octanol–water partition coefficient (Wildman–Crippen LogP) is 1.67. The quantitative estimate of drug-likeness (QED) is 0.664. The van der Waals surface area contributed by atoms with E-state index < -0.39 is 6.61 Å². The van der Waals surface area contributed by atoms with E-state index in [0.717, 1.165) is 0 Å². The van der Waals surface area contributed by atoms with Crippen molar-refractivity contribution in [1.29, 1.82) is 0 Å². The molecule has 11 heavy (non-hydrogen) atoms. The highest BCUT2D eigenvalue weighted by Gasteiger charge is 2.02. The molecule has 0 fully saturated rings. The molecule has 0 aliphatic heterocycles. The van der Waals surface area contributed by atoms with Crippen LogP contribution in [-0.2, 0) is 0 Å². The van der Waals surface area contributed by atoms with Crippen molar-refractivity contribution in [2.75, 3.05) is 5.73 Å². The largest absolute Gasteiger partial charge is 0.435 e. The number of nitrogens with two attached hydrogens (primary N) is 1. The van der Waals surface area contributed by atoms with Crippen molar-refractivity contribution in [2.24, 2.45) is 0 Å². The van der Waals surface area contributed by atoms with Crippen molar-refractivity contribution >= 4 is 5.69 Å². The number of hydrogen-bond acceptors (Lipinski definition) is 2. The molecule has 1 radical (unpaired) electrons. The third-order valence-electron chi connectivity index (χ3n) is 1.01. The molecule has 0 aromatic heterocycles. The first kappa shape index (κ1) is 7.78. The molecule has 2 nitrogen and oxygen atoms in total. The van der Waals surface area contributed by atoms with E-state index in [2.05, 4.69) is 10.8 Å². The zero-order valence-corrected chi connectivity index (χ0v) is 5.55. The highest BCUT2D eigenvalue weighted by molar-refractivity contribution is 5.42. The lowest BCUT2D eigenvalue weighted by atomic mass is 10.3. The predicted molar refractivity (Wildman–Crippen MR) is 36.3 cm³/mol. The summed E-state index contributed by atoms with van der Waals surface area (Å²) in [6.45, 7) is -2.81. The Balaban J connectivity index is 2.71. The topological polar surface area (TPSA) is 35.2 Å². The third kappa shape index (κ3) is 2.41. The van der Waals surface area contributed by atoms with Gasteiger partial charge in [0.2, 0.25) is 0 Å². The van der Waals surface area contributed by atoms with E-state index in [0.29, 0.717) is 5.69 Å². The number of alkyl halides is 2. The molecule has 0 aliphatic rings. The van der Waals surface area contributed by atoms with Crippen LogP contribution in [0.25, 0.3) is 0 Å². The summed E-state index contributed by atoms with van der Waals surface area (Å²) in [4.78, 5) is 0. The summed E-state index contributed by atoms with van der Waals surface area (Å²) < 4.78 is 27.2. The van der Waals surface area contributed by atoms with Gasteiger partial charge in [-0.2, -0.15) is 8.78 Å². The van der Waals surface area contributed by atoms with E-state index in [1.54, 1.807) is 0 Å². The van der Waals surface area contributed by atoms with E-state index in [1.165, 1.54) is 18.2 Å². The van der Waals surface area contributed by atoms with E-state index in [9.17, 15) is 8.78 Å². The Labute approximate surface area is 62.6 Å². The van der Waals surface area contributed by atoms with Gasteiger partial charge >= 0.3 is 6.61 Å². The number of halogens is 2. The number of benzene rings is 1. The van der Waals surface area contributed by atoms with Crippen molar-refractivity contribution in [3.8, 4) is 5.75 Å². The molecule has 1 aromatic rings. The molecule has 0 amide bonds. The molecule has 0 bridgehead atoms. The molecule has 4 heteroatoms. The number of ether oxygens (including phenoxy) is 1. The maximum absolute atomic E-state index is 11.6. The SMILES string of the molecule is Nc1c[c]cc(OC(F)F)c1. The summed E-state index contributed by atoms with van der Waals surface area (Å²) in [5.41, 5.74) is 5.63. The van der Waals surface area contributed by atoms with Gasteiger partial charge in [-0.3, -0.25) is 0 Å². The smallest absolute Gasteiger partial charge is 0.387 e. The van der Waals surface area contributed by atoms with Crippen LogP contribution in [0.2, 0.25) is 0 Å². The highest BCUT2D eigenvalue weighted by atomic mass is 19.3. The van der Waals surface area contributed by atoms with Gasteiger partial charge in [0.15, 0.2) is 0 Å². The Morgan fingerprint density at radius 3 is 2.73 bits per heavy atom. The normalized spacial score (nSPS) is 10.1. The molecule has 2 N–H and O–H groups in total. The second-order valence-corrected chi connectivity index (χ2v) is 1.88. The van der Waals surface area contributed by atoms with E-state index in [1.807, 2.05) is 0 Å². The van der Waals surface area contributed by atoms with Crippen molar-refractivity contribution in [3.63, 3.8) is 0 Å². The van der Waals surface area contributed by atoms with Gasteiger partial charge in [0.25, 0.3) is 0 Å². The summed E-state index contributed by atoms with van der Waals surface area (Å²) in [6, 6.07) is 6.62. The van der Waals surface area contributed by atoms with Crippen molar-refractivity contribution in [3.05, 3.63) is 24.3 Å². The first-order chi connectivity index (χ1) is 5.18. The monoisotopic (exact) mass is 158 g/mol. The van der Waals surface area contributed by atoms with Crippen LogP contribution < -0.4 is 10.5 Å². The molecular formula is C7H6F2NO. The summed E-state index contributed by atoms with van der Waals surface area (Å²) in [5.74, 6) is 0.0278. The Hall–Kier alpha value is -1.32. The summed E-state index contributed by atoms with van der Waals surface area (Å²) in [5, 5.41) is 0. The maximum Gasteiger partial charge on any atom is 0.387 e. The summed E-state index contributed by atoms with van der Waals surface area (Å²) in [7, 11) is 0. The van der Waals surface area contributed by atoms with Crippen LogP contribution in [0.4, 0.5) is 14.5 Å². The summed E-state index contributed by atoms with van der Waals surface area (Å²) in [6.07, 6.45) is 0. The fourth-order valence-corrected chi connectivity index (χ4v) is 0.639. The van der Waals surface area contributed by atoms with Crippen LogP contribution in [0, 0.1) is 6.07 Å². The molecule has 0 heterocycles. The lowest BCUT2D eigenvalue weighted by molar-refractivity contribution is -0.0498. The van der Waals surface area contributed by atoms with Gasteiger partial charge in [-0.1, -0.05) is 0 Å². The molecular weight excluding hydrogens is 152 g/mol. The van der Waals surface area contributed by atoms with E-state index in [4.69, 9.17) is 5.73 Å². The Morgan fingerprint density at radius 2 is 2.18 bits per heavy atom. The average Bonchev–Trinajstić information content (AvgIpc) is 1.85. The molecule has 59 valence electrons. The van der Waals surface area contributed by atoms with Gasteiger partial charge in [0.05, 0.1) is 0 Å². The molecule has 1 aromatic carbocycles. The van der Waals surface area contributed by atoms with Crippen molar-refractivity contribution in [1.82, 2.24) is 0 Å². The average molecular weight is 158 g/mol. The van der Waals surface area contributed by atoms with Crippen LogP contribution in [0.1, 0.15) is 0 Å². The van der Waals surface area contributed by atoms with Gasteiger partial charge in [-0.05, 0) is 18.2 Å². The molecule has 1 rings (SSSR count). The minimum Gasteiger partial charge on any atom is -0.435 e. The first-order valence-electron chi connectivity index (χ1n) is 2.90. The Bertz CT molecular complexity index is 240. The van der Waals surface area contributed by atoms with Crippen LogP contribution in [0.3, 0.4) is 0 Å². The zero-order valence-electron chi connectivity index (χ0n) is 5.55. The van der Waals surface area contributed by atoms with Crippen LogP contribution in [-0.4, -0.2) is 6.61 Å². The van der Waals surface area contributed by atoms with Crippen LogP contribution in [0.5, 0.6) is 5.75 Å². The third-order valence-corrected chi connectivity index (χ3v) is 1.01. The fourth-order valence-electron chi connectivity index (χ4n) is 0.639. The van der Waals surface area contributed by atoms with Gasteiger partial charge in [0, 0.05) is 11.8 Å². The first-order valence-corrected chi connectivity index (χ1v) is 2.90. The van der Waals surface area contributed by atoms with Crippen LogP contribution >= 0.6 is 0 Å². The minimum absolute atomic E-state index is 0.0278. The lowest BCUT2D eigenvalue weighted by Crippen LogP contribution is -2.01. The van der Waals surface area contributed by atoms with Crippen LogP contribution in [0.15, 0.2) is 18.2 Å². The maximum atomic E-state index is 11.6. The minimum atomic E-state index is -2.81. The molecule has 0 atom stereocenters. The molecule has 0 saturated carbocycles. The summed E-state index contributed by atoms with van der Waals surface area (Å²) >= 11 is 0. The van der Waals surface area contributed by atoms with Crippen molar-refractivity contribution in [2.45, 2.75) is 6.61 Å². The number of rotatable bonds is 2.